The van der Waals surface area contributed by atoms with Gasteiger partial charge in [0.15, 0.2) is 0 Å². The molecule has 1 saturated carbocycles. The molecule has 5 rings (SSSR count). The summed E-state index contributed by atoms with van der Waals surface area (Å²) in [5.41, 5.74) is 4.28. The zero-order chi connectivity index (χ0) is 21.4. The average Bonchev–Trinajstić information content (AvgIpc) is 3.56. The molecule has 2 aromatic heterocycles. The number of carboxylic acids is 1. The van der Waals surface area contributed by atoms with E-state index in [4.69, 9.17) is 4.74 Å². The number of ether oxygens (including phenoxy) is 1. The quantitative estimate of drug-likeness (QED) is 0.423. The molecule has 1 aliphatic rings. The number of aromatic nitrogens is 2. The van der Waals surface area contributed by atoms with Crippen molar-refractivity contribution in [1.82, 2.24) is 9.55 Å². The molecular weight excluding hydrogens is 390 g/mol. The number of nitrogens with one attached hydrogen (secondary N) is 1. The van der Waals surface area contributed by atoms with Gasteiger partial charge in [-0.2, -0.15) is 0 Å². The van der Waals surface area contributed by atoms with Crippen LogP contribution in [0.1, 0.15) is 40.2 Å². The molecule has 1 fully saturated rings. The molecular formula is C25H23N3O3. The van der Waals surface area contributed by atoms with Crippen LogP contribution in [0.3, 0.4) is 0 Å². The van der Waals surface area contributed by atoms with Gasteiger partial charge in [-0.25, -0.2) is 9.78 Å². The maximum atomic E-state index is 11.7. The van der Waals surface area contributed by atoms with Crippen LogP contribution in [0.4, 0.5) is 11.5 Å². The minimum Gasteiger partial charge on any atom is -0.497 e. The van der Waals surface area contributed by atoms with Crippen molar-refractivity contribution in [1.29, 1.82) is 0 Å². The van der Waals surface area contributed by atoms with Crippen molar-refractivity contribution in [2.24, 2.45) is 0 Å². The zero-order valence-corrected chi connectivity index (χ0v) is 17.2. The van der Waals surface area contributed by atoms with Crippen molar-refractivity contribution in [3.63, 3.8) is 0 Å². The van der Waals surface area contributed by atoms with E-state index in [1.165, 1.54) is 0 Å². The fraction of sp³-hybridized carbons (Fsp3) is 0.200. The number of pyridine rings is 1. The second-order valence-corrected chi connectivity index (χ2v) is 7.94. The van der Waals surface area contributed by atoms with E-state index in [1.54, 1.807) is 19.4 Å². The van der Waals surface area contributed by atoms with E-state index in [2.05, 4.69) is 33.2 Å². The Morgan fingerprint density at radius 3 is 2.84 bits per heavy atom. The molecule has 0 spiro atoms. The topological polar surface area (TPSA) is 76.4 Å². The van der Waals surface area contributed by atoms with Crippen LogP contribution in [0.5, 0.6) is 5.75 Å². The van der Waals surface area contributed by atoms with E-state index in [-0.39, 0.29) is 5.56 Å². The number of carboxylic acid groups (broad SMARTS) is 1. The summed E-state index contributed by atoms with van der Waals surface area (Å²) in [5.74, 6) is 0.699. The molecule has 6 nitrogen and oxygen atoms in total. The molecule has 1 aliphatic carbocycles. The van der Waals surface area contributed by atoms with Gasteiger partial charge in [-0.3, -0.25) is 0 Å². The van der Waals surface area contributed by atoms with Crippen LogP contribution in [-0.2, 0) is 6.54 Å². The lowest BCUT2D eigenvalue weighted by Crippen LogP contribution is -2.06. The first-order valence-corrected chi connectivity index (χ1v) is 10.3. The smallest absolute Gasteiger partial charge is 0.339 e. The maximum Gasteiger partial charge on any atom is 0.339 e. The predicted octanol–water partition coefficient (Wildman–Crippen LogP) is 5.41. The summed E-state index contributed by atoms with van der Waals surface area (Å²) in [6, 6.07) is 17.8. The minimum atomic E-state index is -0.969. The van der Waals surface area contributed by atoms with Gasteiger partial charge in [0.05, 0.1) is 7.11 Å². The number of benzene rings is 2. The van der Waals surface area contributed by atoms with Crippen LogP contribution < -0.4 is 10.1 Å². The summed E-state index contributed by atoms with van der Waals surface area (Å²) in [6.07, 6.45) is 6.06. The highest BCUT2D eigenvalue weighted by atomic mass is 16.5. The Hall–Kier alpha value is -3.80. The van der Waals surface area contributed by atoms with E-state index in [1.807, 2.05) is 36.4 Å². The van der Waals surface area contributed by atoms with Crippen molar-refractivity contribution in [2.75, 3.05) is 12.4 Å². The highest BCUT2D eigenvalue weighted by Crippen LogP contribution is 2.40. The highest BCUT2D eigenvalue weighted by molar-refractivity contribution is 5.94. The lowest BCUT2D eigenvalue weighted by Gasteiger charge is -2.11. The normalized spacial score (nSPS) is 13.3. The first-order valence-electron chi connectivity index (χ1n) is 10.3. The molecule has 0 saturated heterocycles. The molecule has 6 heteroatoms. The van der Waals surface area contributed by atoms with E-state index in [0.29, 0.717) is 11.7 Å². The molecule has 0 radical (unpaired) electrons. The molecule has 31 heavy (non-hydrogen) atoms. The van der Waals surface area contributed by atoms with Crippen molar-refractivity contribution in [3.05, 3.63) is 83.7 Å². The molecule has 4 aromatic rings. The number of rotatable bonds is 7. The Kier molecular flexibility index (Phi) is 4.82. The number of carbonyl (C=O) groups is 1. The molecule has 2 heterocycles. The van der Waals surface area contributed by atoms with Gasteiger partial charge in [0, 0.05) is 35.5 Å². The number of fused-ring (bicyclic) bond motifs is 1. The van der Waals surface area contributed by atoms with Gasteiger partial charge in [0.2, 0.25) is 0 Å². The fourth-order valence-electron chi connectivity index (χ4n) is 3.90. The number of nitrogens with zero attached hydrogens (tertiary/aromatic N) is 2. The first-order chi connectivity index (χ1) is 15.1. The van der Waals surface area contributed by atoms with Gasteiger partial charge in [-0.1, -0.05) is 12.1 Å². The molecule has 0 amide bonds. The van der Waals surface area contributed by atoms with Gasteiger partial charge in [0.25, 0.3) is 0 Å². The van der Waals surface area contributed by atoms with E-state index >= 15 is 0 Å². The first kappa shape index (κ1) is 19.2. The van der Waals surface area contributed by atoms with Gasteiger partial charge in [-0.15, -0.1) is 0 Å². The summed E-state index contributed by atoms with van der Waals surface area (Å²) in [4.78, 5) is 16.2. The summed E-state index contributed by atoms with van der Waals surface area (Å²) in [5, 5.41) is 13.9. The number of anilines is 2. The number of methoxy groups -OCH3 is 1. The Morgan fingerprint density at radius 2 is 2.06 bits per heavy atom. The van der Waals surface area contributed by atoms with E-state index in [0.717, 1.165) is 52.9 Å². The summed E-state index contributed by atoms with van der Waals surface area (Å²) < 4.78 is 7.50. The Morgan fingerprint density at radius 1 is 1.19 bits per heavy atom. The highest BCUT2D eigenvalue weighted by Gasteiger charge is 2.26. The fourth-order valence-corrected chi connectivity index (χ4v) is 3.90. The lowest BCUT2D eigenvalue weighted by atomic mass is 10.1. The monoisotopic (exact) mass is 413 g/mol. The molecule has 2 N–H and O–H groups in total. The Bertz CT molecular complexity index is 1270. The van der Waals surface area contributed by atoms with Crippen LogP contribution in [-0.4, -0.2) is 27.7 Å². The third kappa shape index (κ3) is 3.97. The lowest BCUT2D eigenvalue weighted by molar-refractivity contribution is 0.0697. The van der Waals surface area contributed by atoms with Crippen LogP contribution in [0, 0.1) is 0 Å². The molecule has 156 valence electrons. The molecule has 0 bridgehead atoms. The van der Waals surface area contributed by atoms with Crippen molar-refractivity contribution in [3.8, 4) is 5.75 Å². The third-order valence-electron chi connectivity index (χ3n) is 5.71. The third-order valence-corrected chi connectivity index (χ3v) is 5.71. The van der Waals surface area contributed by atoms with Crippen LogP contribution in [0.15, 0.2) is 67.0 Å². The van der Waals surface area contributed by atoms with Crippen molar-refractivity contribution < 1.29 is 14.6 Å². The standard InChI is InChI=1S/C25H23N3O3/c1-31-21-4-2-3-16(11-21)15-28-10-9-18-12-20(7-8-23(18)28)27-24-22(25(29)30)13-19(14-26-24)17-5-6-17/h2-4,7-14,17H,5-6,15H2,1H3,(H,26,27)(H,29,30). The largest absolute Gasteiger partial charge is 0.497 e. The Balaban J connectivity index is 1.40. The van der Waals surface area contributed by atoms with Crippen LogP contribution >= 0.6 is 0 Å². The molecule has 2 aromatic carbocycles. The summed E-state index contributed by atoms with van der Waals surface area (Å²) in [7, 11) is 1.67. The zero-order valence-electron chi connectivity index (χ0n) is 17.2. The summed E-state index contributed by atoms with van der Waals surface area (Å²) >= 11 is 0. The second-order valence-electron chi connectivity index (χ2n) is 7.94. The van der Waals surface area contributed by atoms with Gasteiger partial charge < -0.3 is 19.7 Å². The van der Waals surface area contributed by atoms with E-state index < -0.39 is 5.97 Å². The SMILES string of the molecule is COc1cccc(Cn2ccc3cc(Nc4ncc(C5CC5)cc4C(=O)O)ccc32)c1. The van der Waals surface area contributed by atoms with Crippen LogP contribution in [0.25, 0.3) is 10.9 Å². The number of hydrogen-bond acceptors (Lipinski definition) is 4. The van der Waals surface area contributed by atoms with E-state index in [9.17, 15) is 9.90 Å². The van der Waals surface area contributed by atoms with Crippen LogP contribution in [0.2, 0.25) is 0 Å². The molecule has 0 aliphatic heterocycles. The second kappa shape index (κ2) is 7.80. The minimum absolute atomic E-state index is 0.208. The van der Waals surface area contributed by atoms with Crippen molar-refractivity contribution in [2.45, 2.75) is 25.3 Å². The number of aromatic carboxylic acids is 1. The average molecular weight is 413 g/mol. The van der Waals surface area contributed by atoms with Gasteiger partial charge >= 0.3 is 5.97 Å². The summed E-state index contributed by atoms with van der Waals surface area (Å²) in [6.45, 7) is 0.737. The predicted molar refractivity (Wildman–Crippen MR) is 120 cm³/mol. The number of hydrogen-bond donors (Lipinski definition) is 2. The van der Waals surface area contributed by atoms with Gasteiger partial charge in [-0.05, 0) is 72.4 Å². The Labute approximate surface area is 180 Å². The maximum absolute atomic E-state index is 11.7. The van der Waals surface area contributed by atoms with Crippen molar-refractivity contribution >= 4 is 28.4 Å². The molecule has 0 atom stereocenters. The molecule has 0 unspecified atom stereocenters. The van der Waals surface area contributed by atoms with Gasteiger partial charge in [0.1, 0.15) is 17.1 Å².